The van der Waals surface area contributed by atoms with E-state index in [4.69, 9.17) is 40.6 Å². The summed E-state index contributed by atoms with van der Waals surface area (Å²) < 4.78 is 1.31. The number of hydrogen-bond acceptors (Lipinski definition) is 3. The first-order valence-electron chi connectivity index (χ1n) is 5.25. The Balaban J connectivity index is 2.22. The zero-order valence-corrected chi connectivity index (χ0v) is 12.4. The largest absolute Gasteiger partial charge is 0.271 e. The minimum Gasteiger partial charge on any atom is -0.271 e. The lowest BCUT2D eigenvalue weighted by Gasteiger charge is -2.15. The van der Waals surface area contributed by atoms with Gasteiger partial charge in [0, 0.05) is 10.6 Å². The van der Waals surface area contributed by atoms with Crippen LogP contribution >= 0.6 is 46.1 Å². The van der Waals surface area contributed by atoms with Crippen LogP contribution in [0.2, 0.25) is 13.7 Å². The van der Waals surface area contributed by atoms with Crippen molar-refractivity contribution in [1.29, 1.82) is 0 Å². The number of hydrogen-bond donors (Lipinski definition) is 2. The zero-order valence-electron chi connectivity index (χ0n) is 9.29. The second-order valence-corrected chi connectivity index (χ2v) is 6.55. The molecule has 3 N–H and O–H groups in total. The van der Waals surface area contributed by atoms with E-state index in [0.29, 0.717) is 20.1 Å². The summed E-state index contributed by atoms with van der Waals surface area (Å²) in [5, 5.41) is 0.706. The smallest absolute Gasteiger partial charge is 0.0992 e. The molecule has 2 rings (SSSR count). The molecule has 0 amide bonds. The molecule has 1 aromatic heterocycles. The molecule has 2 nitrogen and oxygen atoms in total. The van der Waals surface area contributed by atoms with Crippen molar-refractivity contribution in [2.45, 2.75) is 12.5 Å². The predicted octanol–water partition coefficient (Wildman–Crippen LogP) is 4.46. The maximum atomic E-state index is 6.13. The molecule has 6 heteroatoms. The first kappa shape index (κ1) is 14.1. The standard InChI is InChI=1S/C12H11Cl3N2S/c13-8-3-1-2-7(4-8)5-10(17-16)9-6-11(14)18-12(9)15/h1-4,6,10,17H,5,16H2. The highest BCUT2D eigenvalue weighted by Crippen LogP contribution is 2.36. The van der Waals surface area contributed by atoms with Crippen molar-refractivity contribution in [3.63, 3.8) is 0 Å². The summed E-state index contributed by atoms with van der Waals surface area (Å²) in [7, 11) is 0. The average molecular weight is 322 g/mol. The number of benzene rings is 1. The molecule has 1 unspecified atom stereocenters. The van der Waals surface area contributed by atoms with E-state index in [-0.39, 0.29) is 6.04 Å². The fraction of sp³-hybridized carbons (Fsp3) is 0.167. The van der Waals surface area contributed by atoms with Crippen LogP contribution < -0.4 is 11.3 Å². The van der Waals surface area contributed by atoms with Gasteiger partial charge in [-0.2, -0.15) is 0 Å². The van der Waals surface area contributed by atoms with Crippen LogP contribution in [0.1, 0.15) is 17.2 Å². The van der Waals surface area contributed by atoms with Crippen LogP contribution in [0.3, 0.4) is 0 Å². The molecule has 1 aromatic carbocycles. The number of rotatable bonds is 4. The van der Waals surface area contributed by atoms with E-state index < -0.39 is 0 Å². The highest BCUT2D eigenvalue weighted by Gasteiger charge is 2.17. The predicted molar refractivity (Wildman–Crippen MR) is 79.6 cm³/mol. The quantitative estimate of drug-likeness (QED) is 0.644. The van der Waals surface area contributed by atoms with Crippen molar-refractivity contribution in [2.75, 3.05) is 0 Å². The van der Waals surface area contributed by atoms with E-state index in [1.165, 1.54) is 11.3 Å². The van der Waals surface area contributed by atoms with E-state index in [2.05, 4.69) is 5.43 Å². The summed E-state index contributed by atoms with van der Waals surface area (Å²) in [6.07, 6.45) is 0.698. The topological polar surface area (TPSA) is 38.0 Å². The molecule has 0 aliphatic heterocycles. The van der Waals surface area contributed by atoms with E-state index >= 15 is 0 Å². The van der Waals surface area contributed by atoms with E-state index in [9.17, 15) is 0 Å². The molecule has 0 aliphatic carbocycles. The Morgan fingerprint density at radius 3 is 2.56 bits per heavy atom. The van der Waals surface area contributed by atoms with Gasteiger partial charge in [-0.1, -0.05) is 46.9 Å². The third-order valence-electron chi connectivity index (χ3n) is 2.59. The molecule has 1 atom stereocenters. The van der Waals surface area contributed by atoms with Crippen molar-refractivity contribution in [3.05, 3.63) is 55.2 Å². The fourth-order valence-electron chi connectivity index (χ4n) is 1.75. The SMILES string of the molecule is NNC(Cc1cccc(Cl)c1)c1cc(Cl)sc1Cl. The Hall–Kier alpha value is -0.290. The second kappa shape index (κ2) is 6.24. The third-order valence-corrected chi connectivity index (χ3v) is 4.34. The second-order valence-electron chi connectivity index (χ2n) is 3.83. The van der Waals surface area contributed by atoms with Crippen LogP contribution in [0.15, 0.2) is 30.3 Å². The van der Waals surface area contributed by atoms with Crippen LogP contribution in [0, 0.1) is 0 Å². The first-order chi connectivity index (χ1) is 8.60. The van der Waals surface area contributed by atoms with Gasteiger partial charge in [0.15, 0.2) is 0 Å². The van der Waals surface area contributed by atoms with Gasteiger partial charge >= 0.3 is 0 Å². The molecule has 0 radical (unpaired) electrons. The van der Waals surface area contributed by atoms with Gasteiger partial charge in [0.2, 0.25) is 0 Å². The van der Waals surface area contributed by atoms with Gasteiger partial charge in [0.25, 0.3) is 0 Å². The molecule has 18 heavy (non-hydrogen) atoms. The molecule has 0 spiro atoms. The Kier molecular flexibility index (Phi) is 4.90. The number of nitrogens with two attached hydrogens (primary N) is 1. The molecular formula is C12H11Cl3N2S. The van der Waals surface area contributed by atoms with Gasteiger partial charge in [-0.15, -0.1) is 11.3 Å². The molecule has 0 bridgehead atoms. The Labute approximate surface area is 125 Å². The van der Waals surface area contributed by atoms with Gasteiger partial charge in [-0.05, 0) is 30.2 Å². The van der Waals surface area contributed by atoms with E-state index in [1.807, 2.05) is 30.3 Å². The average Bonchev–Trinajstić information content (AvgIpc) is 2.65. The summed E-state index contributed by atoms with van der Waals surface area (Å²) in [4.78, 5) is 0. The summed E-state index contributed by atoms with van der Waals surface area (Å²) in [5.41, 5.74) is 4.76. The lowest BCUT2D eigenvalue weighted by Crippen LogP contribution is -2.29. The molecule has 1 heterocycles. The molecule has 0 aliphatic rings. The Morgan fingerprint density at radius 1 is 1.22 bits per heavy atom. The molecular weight excluding hydrogens is 311 g/mol. The molecule has 0 saturated heterocycles. The minimum absolute atomic E-state index is 0.0836. The number of nitrogens with one attached hydrogen (secondary N) is 1. The third kappa shape index (κ3) is 3.38. The summed E-state index contributed by atoms with van der Waals surface area (Å²) in [6, 6.07) is 9.41. The van der Waals surface area contributed by atoms with Crippen molar-refractivity contribution >= 4 is 46.1 Å². The van der Waals surface area contributed by atoms with Crippen LogP contribution in [-0.2, 0) is 6.42 Å². The van der Waals surface area contributed by atoms with Gasteiger partial charge in [-0.25, -0.2) is 0 Å². The monoisotopic (exact) mass is 320 g/mol. The molecule has 96 valence electrons. The maximum absolute atomic E-state index is 6.13. The van der Waals surface area contributed by atoms with Gasteiger partial charge < -0.3 is 0 Å². The van der Waals surface area contributed by atoms with Crippen LogP contribution in [-0.4, -0.2) is 0 Å². The Bertz CT molecular complexity index is 542. The number of hydrazine groups is 1. The van der Waals surface area contributed by atoms with E-state index in [1.54, 1.807) is 0 Å². The Morgan fingerprint density at radius 2 is 2.00 bits per heavy atom. The molecule has 0 saturated carbocycles. The van der Waals surface area contributed by atoms with Gasteiger partial charge in [0.05, 0.1) is 14.7 Å². The lowest BCUT2D eigenvalue weighted by atomic mass is 10.0. The summed E-state index contributed by atoms with van der Waals surface area (Å²) in [5.74, 6) is 5.59. The zero-order chi connectivity index (χ0) is 13.1. The summed E-state index contributed by atoms with van der Waals surface area (Å²) >= 11 is 19.4. The molecule has 0 fully saturated rings. The number of thiophene rings is 1. The van der Waals surface area contributed by atoms with Crippen molar-refractivity contribution in [1.82, 2.24) is 5.43 Å². The maximum Gasteiger partial charge on any atom is 0.0992 e. The van der Waals surface area contributed by atoms with E-state index in [0.717, 1.165) is 11.1 Å². The summed E-state index contributed by atoms with van der Waals surface area (Å²) in [6.45, 7) is 0. The highest BCUT2D eigenvalue weighted by atomic mass is 35.5. The van der Waals surface area contributed by atoms with Crippen molar-refractivity contribution < 1.29 is 0 Å². The van der Waals surface area contributed by atoms with Crippen molar-refractivity contribution in [2.24, 2.45) is 5.84 Å². The van der Waals surface area contributed by atoms with Crippen LogP contribution in [0.5, 0.6) is 0 Å². The van der Waals surface area contributed by atoms with Crippen LogP contribution in [0.4, 0.5) is 0 Å². The van der Waals surface area contributed by atoms with Gasteiger partial charge in [0.1, 0.15) is 0 Å². The fourth-order valence-corrected chi connectivity index (χ4v) is 3.54. The minimum atomic E-state index is -0.0836. The highest BCUT2D eigenvalue weighted by molar-refractivity contribution is 7.20. The lowest BCUT2D eigenvalue weighted by molar-refractivity contribution is 0.553. The van der Waals surface area contributed by atoms with Gasteiger partial charge in [-0.3, -0.25) is 11.3 Å². The molecule has 2 aromatic rings. The van der Waals surface area contributed by atoms with Crippen LogP contribution in [0.25, 0.3) is 0 Å². The van der Waals surface area contributed by atoms with Crippen molar-refractivity contribution in [3.8, 4) is 0 Å². The normalized spacial score (nSPS) is 12.7. The first-order valence-corrected chi connectivity index (χ1v) is 7.20. The number of halogens is 3.